The highest BCUT2D eigenvalue weighted by molar-refractivity contribution is 5.81. The molecule has 116 valence electrons. The second kappa shape index (κ2) is 7.29. The molecule has 1 heterocycles. The maximum absolute atomic E-state index is 9.70. The van der Waals surface area contributed by atoms with Gasteiger partial charge in [-0.1, -0.05) is 31.9 Å². The normalized spacial score (nSPS) is 10.0. The Morgan fingerprint density at radius 2 is 1.91 bits per heavy atom. The van der Waals surface area contributed by atoms with Crippen LogP contribution in [-0.2, 0) is 6.42 Å². The molecule has 5 heteroatoms. The fourth-order valence-electron chi connectivity index (χ4n) is 2.56. The summed E-state index contributed by atoms with van der Waals surface area (Å²) in [7, 11) is 0. The van der Waals surface area contributed by atoms with Crippen molar-refractivity contribution in [1.29, 1.82) is 10.5 Å². The van der Waals surface area contributed by atoms with Gasteiger partial charge in [-0.25, -0.2) is 4.98 Å². The lowest BCUT2D eigenvalue weighted by Crippen LogP contribution is -2.06. The molecule has 2 aromatic rings. The number of phenols is 1. The number of aryl methyl sites for hydroxylation is 1. The van der Waals surface area contributed by atoms with Crippen LogP contribution in [0.5, 0.6) is 5.75 Å². The van der Waals surface area contributed by atoms with Gasteiger partial charge in [0.05, 0.1) is 11.3 Å². The summed E-state index contributed by atoms with van der Waals surface area (Å²) in [6.07, 6.45) is 3.64. The molecule has 1 aromatic heterocycles. The SMILES string of the molecule is CCCCCc1nc(N)c(C#N)c(-c2cccc(O)c2)c1C#N. The average Bonchev–Trinajstić information content (AvgIpc) is 2.54. The topological polar surface area (TPSA) is 107 Å². The Morgan fingerprint density at radius 3 is 2.52 bits per heavy atom. The second-order valence-corrected chi connectivity index (χ2v) is 5.30. The number of hydrogen-bond donors (Lipinski definition) is 2. The summed E-state index contributed by atoms with van der Waals surface area (Å²) >= 11 is 0. The minimum Gasteiger partial charge on any atom is -0.508 e. The summed E-state index contributed by atoms with van der Waals surface area (Å²) in [4.78, 5) is 4.27. The van der Waals surface area contributed by atoms with E-state index >= 15 is 0 Å². The number of aromatic hydroxyl groups is 1. The Hall–Kier alpha value is -3.05. The number of nitrogen functional groups attached to an aromatic ring is 1. The predicted molar refractivity (Wildman–Crippen MR) is 88.4 cm³/mol. The Morgan fingerprint density at radius 1 is 1.17 bits per heavy atom. The molecule has 0 spiro atoms. The van der Waals surface area contributed by atoms with Gasteiger partial charge in [0.1, 0.15) is 29.3 Å². The smallest absolute Gasteiger partial charge is 0.142 e. The van der Waals surface area contributed by atoms with Gasteiger partial charge in [-0.05, 0) is 30.5 Å². The maximum atomic E-state index is 9.70. The van der Waals surface area contributed by atoms with E-state index in [1.165, 1.54) is 12.1 Å². The van der Waals surface area contributed by atoms with Crippen LogP contribution >= 0.6 is 0 Å². The second-order valence-electron chi connectivity index (χ2n) is 5.30. The molecule has 0 bridgehead atoms. The number of hydrogen-bond acceptors (Lipinski definition) is 5. The highest BCUT2D eigenvalue weighted by Crippen LogP contribution is 2.33. The van der Waals surface area contributed by atoms with Crippen molar-refractivity contribution >= 4 is 5.82 Å². The van der Waals surface area contributed by atoms with Crippen molar-refractivity contribution in [1.82, 2.24) is 4.98 Å². The van der Waals surface area contributed by atoms with Crippen LogP contribution in [0, 0.1) is 22.7 Å². The average molecular weight is 306 g/mol. The standard InChI is InChI=1S/C18H18N4O/c1-2-3-4-8-16-14(10-19)17(15(11-20)18(21)22-16)12-6-5-7-13(23)9-12/h5-7,9,23H,2-4,8H2,1H3,(H2,21,22). The zero-order chi connectivity index (χ0) is 16.8. The number of benzene rings is 1. The van der Waals surface area contributed by atoms with Crippen molar-refractivity contribution in [3.8, 4) is 29.0 Å². The van der Waals surface area contributed by atoms with E-state index in [0.717, 1.165) is 19.3 Å². The fraction of sp³-hybridized carbons (Fsp3) is 0.278. The first kappa shape index (κ1) is 16.3. The highest BCUT2D eigenvalue weighted by Gasteiger charge is 2.20. The van der Waals surface area contributed by atoms with E-state index < -0.39 is 0 Å². The molecule has 5 nitrogen and oxygen atoms in total. The van der Waals surface area contributed by atoms with E-state index in [0.29, 0.717) is 28.8 Å². The van der Waals surface area contributed by atoms with Crippen molar-refractivity contribution in [3.63, 3.8) is 0 Å². The highest BCUT2D eigenvalue weighted by atomic mass is 16.3. The summed E-state index contributed by atoms with van der Waals surface area (Å²) in [5.41, 5.74) is 8.10. The molecule has 0 radical (unpaired) electrons. The molecule has 0 amide bonds. The van der Waals surface area contributed by atoms with Crippen molar-refractivity contribution in [3.05, 3.63) is 41.1 Å². The van der Waals surface area contributed by atoms with Crippen molar-refractivity contribution in [2.75, 3.05) is 5.73 Å². The molecule has 23 heavy (non-hydrogen) atoms. The minimum absolute atomic E-state index is 0.0678. The lowest BCUT2D eigenvalue weighted by atomic mass is 9.93. The van der Waals surface area contributed by atoms with Crippen molar-refractivity contribution in [2.24, 2.45) is 0 Å². The summed E-state index contributed by atoms with van der Waals surface area (Å²) in [5, 5.41) is 28.7. The molecule has 0 saturated heterocycles. The third-order valence-electron chi connectivity index (χ3n) is 3.68. The number of rotatable bonds is 5. The lowest BCUT2D eigenvalue weighted by Gasteiger charge is -2.13. The maximum Gasteiger partial charge on any atom is 0.142 e. The Kier molecular flexibility index (Phi) is 5.17. The Bertz CT molecular complexity index is 800. The van der Waals surface area contributed by atoms with Gasteiger partial charge in [0.2, 0.25) is 0 Å². The van der Waals surface area contributed by atoms with Crippen molar-refractivity contribution < 1.29 is 5.11 Å². The van der Waals surface area contributed by atoms with Crippen molar-refractivity contribution in [2.45, 2.75) is 32.6 Å². The number of phenolic OH excluding ortho intramolecular Hbond substituents is 1. The molecule has 0 unspecified atom stereocenters. The van der Waals surface area contributed by atoms with Gasteiger partial charge in [0.25, 0.3) is 0 Å². The summed E-state index contributed by atoms with van der Waals surface area (Å²) in [6, 6.07) is 10.7. The number of nitrogens with zero attached hydrogens (tertiary/aromatic N) is 3. The van der Waals surface area contributed by atoms with Gasteiger partial charge in [-0.3, -0.25) is 0 Å². The van der Waals surface area contributed by atoms with E-state index in [9.17, 15) is 15.6 Å². The number of anilines is 1. The van der Waals surface area contributed by atoms with E-state index in [1.807, 2.05) is 6.07 Å². The van der Waals surface area contributed by atoms with Crippen LogP contribution in [-0.4, -0.2) is 10.1 Å². The third kappa shape index (κ3) is 3.41. The first-order valence-corrected chi connectivity index (χ1v) is 7.54. The quantitative estimate of drug-likeness (QED) is 0.822. The molecule has 3 N–H and O–H groups in total. The summed E-state index contributed by atoms with van der Waals surface area (Å²) in [6.45, 7) is 2.10. The van der Waals surface area contributed by atoms with Gasteiger partial charge >= 0.3 is 0 Å². The van der Waals surface area contributed by atoms with Crippen LogP contribution in [0.3, 0.4) is 0 Å². The van der Waals surface area contributed by atoms with E-state index in [2.05, 4.69) is 18.0 Å². The van der Waals surface area contributed by atoms with Gasteiger partial charge in [0, 0.05) is 5.56 Å². The van der Waals surface area contributed by atoms with Crippen LogP contribution < -0.4 is 5.73 Å². The number of aromatic nitrogens is 1. The van der Waals surface area contributed by atoms with Crippen LogP contribution in [0.4, 0.5) is 5.82 Å². The lowest BCUT2D eigenvalue weighted by molar-refractivity contribution is 0.475. The molecule has 0 saturated carbocycles. The molecule has 0 fully saturated rings. The van der Waals surface area contributed by atoms with Crippen LogP contribution in [0.2, 0.25) is 0 Å². The third-order valence-corrected chi connectivity index (χ3v) is 3.68. The molecule has 0 aliphatic rings. The molecule has 0 atom stereocenters. The summed E-state index contributed by atoms with van der Waals surface area (Å²) < 4.78 is 0. The van der Waals surface area contributed by atoms with Crippen LogP contribution in [0.25, 0.3) is 11.1 Å². The van der Waals surface area contributed by atoms with Gasteiger partial charge in [-0.2, -0.15) is 10.5 Å². The Labute approximate surface area is 135 Å². The summed E-state index contributed by atoms with van der Waals surface area (Å²) in [5.74, 6) is 0.189. The monoisotopic (exact) mass is 306 g/mol. The number of nitrogens with two attached hydrogens (primary N) is 1. The zero-order valence-electron chi connectivity index (χ0n) is 13.0. The molecular weight excluding hydrogens is 288 g/mol. The first-order chi connectivity index (χ1) is 11.1. The molecule has 0 aliphatic heterocycles. The van der Waals surface area contributed by atoms with Crippen LogP contribution in [0.15, 0.2) is 24.3 Å². The van der Waals surface area contributed by atoms with E-state index in [-0.39, 0.29) is 17.1 Å². The van der Waals surface area contributed by atoms with Crippen LogP contribution in [0.1, 0.15) is 43.0 Å². The zero-order valence-corrected chi connectivity index (χ0v) is 13.0. The fourth-order valence-corrected chi connectivity index (χ4v) is 2.56. The largest absolute Gasteiger partial charge is 0.508 e. The Balaban J connectivity index is 2.67. The molecule has 0 aliphatic carbocycles. The molecule has 1 aromatic carbocycles. The van der Waals surface area contributed by atoms with Gasteiger partial charge < -0.3 is 10.8 Å². The minimum atomic E-state index is 0.0678. The van der Waals surface area contributed by atoms with Gasteiger partial charge in [-0.15, -0.1) is 0 Å². The van der Waals surface area contributed by atoms with E-state index in [4.69, 9.17) is 5.73 Å². The number of pyridine rings is 1. The first-order valence-electron chi connectivity index (χ1n) is 7.54. The molecular formula is C18H18N4O. The number of unbranched alkanes of at least 4 members (excludes halogenated alkanes) is 2. The van der Waals surface area contributed by atoms with E-state index in [1.54, 1.807) is 12.1 Å². The number of nitriles is 2. The molecule has 2 rings (SSSR count). The van der Waals surface area contributed by atoms with Gasteiger partial charge in [0.15, 0.2) is 0 Å². The predicted octanol–water partition coefficient (Wildman–Crippen LogP) is 3.51.